The second kappa shape index (κ2) is 6.32. The Labute approximate surface area is 124 Å². The predicted octanol–water partition coefficient (Wildman–Crippen LogP) is 2.47. The highest BCUT2D eigenvalue weighted by Gasteiger charge is 2.35. The topological polar surface area (TPSA) is 63.6 Å². The first kappa shape index (κ1) is 16.2. The molecule has 1 aliphatic carbocycles. The molecule has 1 fully saturated rings. The fourth-order valence-electron chi connectivity index (χ4n) is 3.07. The molecule has 1 N–H and O–H groups in total. The predicted molar refractivity (Wildman–Crippen MR) is 78.5 cm³/mol. The minimum absolute atomic E-state index is 0.124. The number of aliphatic hydroxyl groups excluding tert-OH is 1. The van der Waals surface area contributed by atoms with E-state index in [1.807, 2.05) is 0 Å². The van der Waals surface area contributed by atoms with E-state index in [1.54, 1.807) is 6.07 Å². The summed E-state index contributed by atoms with van der Waals surface area (Å²) in [5.74, 6) is -0.503. The second-order valence-electron chi connectivity index (χ2n) is 5.68. The number of methoxy groups -OCH3 is 1. The maximum Gasteiger partial charge on any atom is 0.150 e. The lowest BCUT2D eigenvalue weighted by atomic mass is 9.82. The lowest BCUT2D eigenvalue weighted by Gasteiger charge is -2.32. The van der Waals surface area contributed by atoms with Gasteiger partial charge in [-0.2, -0.15) is 0 Å². The van der Waals surface area contributed by atoms with Crippen molar-refractivity contribution in [2.75, 3.05) is 13.4 Å². The van der Waals surface area contributed by atoms with Crippen LogP contribution in [0, 0.1) is 11.7 Å². The van der Waals surface area contributed by atoms with Crippen molar-refractivity contribution >= 4 is 9.84 Å². The number of rotatable bonds is 4. The number of aliphatic hydroxyl groups is 1. The van der Waals surface area contributed by atoms with Gasteiger partial charge in [0.1, 0.15) is 21.4 Å². The number of hydrogen-bond donors (Lipinski definition) is 1. The number of halogens is 1. The van der Waals surface area contributed by atoms with Crippen LogP contribution in [0.5, 0.6) is 5.75 Å². The Balaban J connectivity index is 2.26. The number of sulfone groups is 1. The van der Waals surface area contributed by atoms with E-state index in [-0.39, 0.29) is 11.5 Å². The van der Waals surface area contributed by atoms with Crippen molar-refractivity contribution in [1.82, 2.24) is 0 Å². The fourth-order valence-corrected chi connectivity index (χ4v) is 4.27. The molecule has 0 amide bonds. The van der Waals surface area contributed by atoms with Crippen LogP contribution in [-0.2, 0) is 9.84 Å². The van der Waals surface area contributed by atoms with Crippen molar-refractivity contribution < 1.29 is 22.7 Å². The van der Waals surface area contributed by atoms with E-state index >= 15 is 0 Å². The van der Waals surface area contributed by atoms with Crippen molar-refractivity contribution in [1.29, 1.82) is 0 Å². The Kier molecular flexibility index (Phi) is 4.88. The molecule has 0 spiro atoms. The zero-order chi connectivity index (χ0) is 15.6. The minimum Gasteiger partial charge on any atom is -0.496 e. The van der Waals surface area contributed by atoms with Gasteiger partial charge in [0.2, 0.25) is 0 Å². The van der Waals surface area contributed by atoms with Crippen LogP contribution < -0.4 is 4.74 Å². The van der Waals surface area contributed by atoms with Gasteiger partial charge in [-0.3, -0.25) is 0 Å². The first-order chi connectivity index (χ1) is 9.84. The summed E-state index contributed by atoms with van der Waals surface area (Å²) in [6.45, 7) is 0. The quantitative estimate of drug-likeness (QED) is 0.927. The minimum atomic E-state index is -3.14. The van der Waals surface area contributed by atoms with Crippen LogP contribution >= 0.6 is 0 Å². The van der Waals surface area contributed by atoms with Crippen LogP contribution in [0.15, 0.2) is 18.2 Å². The molecule has 2 rings (SSSR count). The summed E-state index contributed by atoms with van der Waals surface area (Å²) in [6, 6.07) is 4.39. The summed E-state index contributed by atoms with van der Waals surface area (Å²) < 4.78 is 42.5. The molecule has 0 bridgehead atoms. The average molecular weight is 316 g/mol. The third-order valence-corrected chi connectivity index (χ3v) is 5.89. The molecule has 0 saturated heterocycles. The molecular weight excluding hydrogens is 295 g/mol. The second-order valence-corrected chi connectivity index (χ2v) is 8.00. The third kappa shape index (κ3) is 3.55. The highest BCUT2D eigenvalue weighted by molar-refractivity contribution is 7.91. The van der Waals surface area contributed by atoms with E-state index in [4.69, 9.17) is 4.74 Å². The van der Waals surface area contributed by atoms with Gasteiger partial charge >= 0.3 is 0 Å². The van der Waals surface area contributed by atoms with Gasteiger partial charge in [0, 0.05) is 6.26 Å². The van der Waals surface area contributed by atoms with Crippen LogP contribution in [0.3, 0.4) is 0 Å². The Morgan fingerprint density at radius 2 is 2.10 bits per heavy atom. The van der Waals surface area contributed by atoms with Crippen molar-refractivity contribution in [2.24, 2.45) is 5.92 Å². The van der Waals surface area contributed by atoms with Crippen LogP contribution in [0.4, 0.5) is 4.39 Å². The summed E-state index contributed by atoms with van der Waals surface area (Å²) in [4.78, 5) is 0. The zero-order valence-corrected chi connectivity index (χ0v) is 13.1. The standard InChI is InChI=1S/C15H21FO4S/c1-20-13-8-4-7-12(16)14(13)15(17)10-5-3-6-11(9-10)21(2,18)19/h4,7-8,10-11,15,17H,3,5-6,9H2,1-2H3. The van der Waals surface area contributed by atoms with Crippen molar-refractivity contribution in [3.63, 3.8) is 0 Å². The number of ether oxygens (including phenoxy) is 1. The van der Waals surface area contributed by atoms with Crippen LogP contribution in [-0.4, -0.2) is 32.1 Å². The van der Waals surface area contributed by atoms with Crippen molar-refractivity contribution in [3.05, 3.63) is 29.6 Å². The average Bonchev–Trinajstić information content (AvgIpc) is 2.45. The molecule has 1 aliphatic rings. The van der Waals surface area contributed by atoms with Gasteiger partial charge in [-0.15, -0.1) is 0 Å². The van der Waals surface area contributed by atoms with Crippen LogP contribution in [0.2, 0.25) is 0 Å². The molecule has 4 nitrogen and oxygen atoms in total. The maximum absolute atomic E-state index is 14.0. The third-order valence-electron chi connectivity index (χ3n) is 4.25. The molecule has 0 radical (unpaired) electrons. The Morgan fingerprint density at radius 1 is 1.38 bits per heavy atom. The van der Waals surface area contributed by atoms with Gasteiger partial charge in [-0.1, -0.05) is 12.5 Å². The molecule has 0 aromatic heterocycles. The zero-order valence-electron chi connectivity index (χ0n) is 12.3. The molecule has 118 valence electrons. The van der Waals surface area contributed by atoms with Gasteiger partial charge < -0.3 is 9.84 Å². The van der Waals surface area contributed by atoms with E-state index in [2.05, 4.69) is 0 Å². The fraction of sp³-hybridized carbons (Fsp3) is 0.600. The van der Waals surface area contributed by atoms with Gasteiger partial charge in [0.05, 0.1) is 24.0 Å². The van der Waals surface area contributed by atoms with E-state index in [1.165, 1.54) is 25.5 Å². The monoisotopic (exact) mass is 316 g/mol. The van der Waals surface area contributed by atoms with Crippen molar-refractivity contribution in [2.45, 2.75) is 37.0 Å². The maximum atomic E-state index is 14.0. The van der Waals surface area contributed by atoms with Gasteiger partial charge in [-0.25, -0.2) is 12.8 Å². The molecular formula is C15H21FO4S. The summed E-state index contributed by atoms with van der Waals surface area (Å²) in [7, 11) is -1.71. The molecule has 6 heteroatoms. The Bertz CT molecular complexity index is 600. The summed E-state index contributed by atoms with van der Waals surface area (Å²) >= 11 is 0. The SMILES string of the molecule is COc1cccc(F)c1C(O)C1CCCC(S(C)(=O)=O)C1. The molecule has 3 atom stereocenters. The van der Waals surface area contributed by atoms with Crippen LogP contribution in [0.25, 0.3) is 0 Å². The molecule has 21 heavy (non-hydrogen) atoms. The summed E-state index contributed by atoms with van der Waals surface area (Å²) in [6.07, 6.45) is 2.54. The summed E-state index contributed by atoms with van der Waals surface area (Å²) in [5, 5.41) is 10.1. The highest BCUT2D eigenvalue weighted by Crippen LogP contribution is 2.40. The first-order valence-electron chi connectivity index (χ1n) is 7.04. The van der Waals surface area contributed by atoms with Gasteiger partial charge in [0.25, 0.3) is 0 Å². The van der Waals surface area contributed by atoms with E-state index in [0.717, 1.165) is 6.42 Å². The largest absolute Gasteiger partial charge is 0.496 e. The number of hydrogen-bond acceptors (Lipinski definition) is 4. The molecule has 1 aromatic carbocycles. The van der Waals surface area contributed by atoms with Gasteiger partial charge in [0.15, 0.2) is 0 Å². The molecule has 3 unspecified atom stereocenters. The van der Waals surface area contributed by atoms with E-state index in [0.29, 0.717) is 25.0 Å². The Morgan fingerprint density at radius 3 is 2.71 bits per heavy atom. The van der Waals surface area contributed by atoms with E-state index in [9.17, 15) is 17.9 Å². The molecule has 0 aliphatic heterocycles. The molecule has 1 aromatic rings. The van der Waals surface area contributed by atoms with Crippen LogP contribution in [0.1, 0.15) is 37.4 Å². The highest BCUT2D eigenvalue weighted by atomic mass is 32.2. The number of benzene rings is 1. The summed E-state index contributed by atoms with van der Waals surface area (Å²) in [5.41, 5.74) is 0.124. The molecule has 1 saturated carbocycles. The lowest BCUT2D eigenvalue weighted by molar-refractivity contribution is 0.0799. The normalized spacial score (nSPS) is 24.6. The first-order valence-corrected chi connectivity index (χ1v) is 8.99. The van der Waals surface area contributed by atoms with Crippen molar-refractivity contribution in [3.8, 4) is 5.75 Å². The lowest BCUT2D eigenvalue weighted by Crippen LogP contribution is -2.30. The molecule has 0 heterocycles. The Hall–Kier alpha value is -1.14. The smallest absolute Gasteiger partial charge is 0.150 e. The van der Waals surface area contributed by atoms with Gasteiger partial charge in [-0.05, 0) is 37.3 Å². The van der Waals surface area contributed by atoms with E-state index < -0.39 is 27.0 Å².